The second kappa shape index (κ2) is 5.34. The lowest BCUT2D eigenvalue weighted by Gasteiger charge is -2.13. The van der Waals surface area contributed by atoms with Gasteiger partial charge in [0.05, 0.1) is 19.3 Å². The Labute approximate surface area is 95.3 Å². The summed E-state index contributed by atoms with van der Waals surface area (Å²) < 4.78 is 16.3. The highest BCUT2D eigenvalue weighted by Gasteiger charge is 2.29. The SMILES string of the molecule is CC(O)COc1ccccc1B1OCCO1. The molecule has 1 aliphatic heterocycles. The highest BCUT2D eigenvalue weighted by Crippen LogP contribution is 2.11. The molecule has 0 spiro atoms. The van der Waals surface area contributed by atoms with E-state index < -0.39 is 6.10 Å². The summed E-state index contributed by atoms with van der Waals surface area (Å²) in [6.07, 6.45) is -0.488. The molecule has 86 valence electrons. The van der Waals surface area contributed by atoms with Crippen molar-refractivity contribution in [3.05, 3.63) is 24.3 Å². The Balaban J connectivity index is 2.10. The minimum absolute atomic E-state index is 0.268. The number of rotatable bonds is 4. The van der Waals surface area contributed by atoms with Gasteiger partial charge in [-0.05, 0) is 13.0 Å². The summed E-state index contributed by atoms with van der Waals surface area (Å²) in [5.74, 6) is 0.704. The Hall–Kier alpha value is -1.04. The molecule has 0 radical (unpaired) electrons. The van der Waals surface area contributed by atoms with Gasteiger partial charge in [0.25, 0.3) is 0 Å². The zero-order valence-corrected chi connectivity index (χ0v) is 9.26. The Morgan fingerprint density at radius 3 is 2.75 bits per heavy atom. The van der Waals surface area contributed by atoms with E-state index in [0.29, 0.717) is 19.0 Å². The smallest absolute Gasteiger partial charge is 0.491 e. The lowest BCUT2D eigenvalue weighted by Crippen LogP contribution is -2.33. The van der Waals surface area contributed by atoms with Crippen LogP contribution in [0.25, 0.3) is 0 Å². The van der Waals surface area contributed by atoms with Crippen LogP contribution in [0.1, 0.15) is 6.92 Å². The van der Waals surface area contributed by atoms with Gasteiger partial charge in [0.1, 0.15) is 12.4 Å². The van der Waals surface area contributed by atoms with E-state index in [2.05, 4.69) is 0 Å². The fourth-order valence-corrected chi connectivity index (χ4v) is 1.56. The Morgan fingerprint density at radius 2 is 2.06 bits per heavy atom. The van der Waals surface area contributed by atoms with Gasteiger partial charge in [-0.15, -0.1) is 0 Å². The molecule has 1 aromatic carbocycles. The zero-order chi connectivity index (χ0) is 11.4. The molecular formula is C11H15BO4. The summed E-state index contributed by atoms with van der Waals surface area (Å²) in [5, 5.41) is 9.18. The lowest BCUT2D eigenvalue weighted by atomic mass is 9.79. The van der Waals surface area contributed by atoms with Gasteiger partial charge in [-0.2, -0.15) is 0 Å². The van der Waals surface area contributed by atoms with Gasteiger partial charge in [-0.25, -0.2) is 0 Å². The van der Waals surface area contributed by atoms with Crippen LogP contribution in [0.2, 0.25) is 0 Å². The molecule has 2 rings (SSSR count). The normalized spacial score (nSPS) is 17.5. The summed E-state index contributed by atoms with van der Waals surface area (Å²) in [7, 11) is -0.342. The molecule has 0 saturated carbocycles. The molecule has 5 heteroatoms. The molecule has 1 fully saturated rings. The fraction of sp³-hybridized carbons (Fsp3) is 0.455. The second-order valence-corrected chi connectivity index (χ2v) is 3.77. The standard InChI is InChI=1S/C11H15BO4/c1-9(13)8-14-11-5-3-2-4-10(11)12-15-6-7-16-12/h2-5,9,13H,6-8H2,1H3. The summed E-state index contributed by atoms with van der Waals surface area (Å²) in [6, 6.07) is 7.56. The molecule has 1 aromatic rings. The van der Waals surface area contributed by atoms with Crippen LogP contribution in [0.3, 0.4) is 0 Å². The molecule has 0 bridgehead atoms. The van der Waals surface area contributed by atoms with Crippen molar-refractivity contribution in [2.45, 2.75) is 13.0 Å². The number of aliphatic hydroxyl groups excluding tert-OH is 1. The first-order valence-corrected chi connectivity index (χ1v) is 5.40. The van der Waals surface area contributed by atoms with Crippen molar-refractivity contribution in [3.8, 4) is 5.75 Å². The number of hydrogen-bond acceptors (Lipinski definition) is 4. The van der Waals surface area contributed by atoms with Crippen molar-refractivity contribution >= 4 is 12.6 Å². The first-order chi connectivity index (χ1) is 7.77. The molecule has 0 aromatic heterocycles. The molecule has 1 saturated heterocycles. The van der Waals surface area contributed by atoms with Gasteiger partial charge in [-0.3, -0.25) is 0 Å². The number of hydrogen-bond donors (Lipinski definition) is 1. The third-order valence-corrected chi connectivity index (χ3v) is 2.27. The monoisotopic (exact) mass is 222 g/mol. The van der Waals surface area contributed by atoms with Crippen LogP contribution in [-0.2, 0) is 9.31 Å². The van der Waals surface area contributed by atoms with Crippen LogP contribution >= 0.6 is 0 Å². The summed E-state index contributed by atoms with van der Waals surface area (Å²) in [5.41, 5.74) is 0.876. The van der Waals surface area contributed by atoms with Gasteiger partial charge >= 0.3 is 7.12 Å². The Morgan fingerprint density at radius 1 is 1.38 bits per heavy atom. The first-order valence-electron chi connectivity index (χ1n) is 5.40. The van der Waals surface area contributed by atoms with Crippen LogP contribution in [0.5, 0.6) is 5.75 Å². The van der Waals surface area contributed by atoms with Crippen LogP contribution in [0.4, 0.5) is 0 Å². The highest BCUT2D eigenvalue weighted by molar-refractivity contribution is 6.62. The molecule has 16 heavy (non-hydrogen) atoms. The molecule has 0 aliphatic carbocycles. The Kier molecular flexibility index (Phi) is 3.82. The summed E-state index contributed by atoms with van der Waals surface area (Å²) >= 11 is 0. The van der Waals surface area contributed by atoms with E-state index in [0.717, 1.165) is 5.46 Å². The van der Waals surface area contributed by atoms with E-state index in [9.17, 15) is 5.11 Å². The minimum atomic E-state index is -0.488. The van der Waals surface area contributed by atoms with Crippen molar-refractivity contribution in [2.24, 2.45) is 0 Å². The molecule has 4 nitrogen and oxygen atoms in total. The van der Waals surface area contributed by atoms with E-state index in [1.54, 1.807) is 6.92 Å². The van der Waals surface area contributed by atoms with Crippen molar-refractivity contribution in [3.63, 3.8) is 0 Å². The van der Waals surface area contributed by atoms with Gasteiger partial charge in [0.15, 0.2) is 0 Å². The number of benzene rings is 1. The maximum atomic E-state index is 9.18. The Bertz CT molecular complexity index is 337. The van der Waals surface area contributed by atoms with Crippen LogP contribution in [0.15, 0.2) is 24.3 Å². The lowest BCUT2D eigenvalue weighted by molar-refractivity contribution is 0.123. The number of ether oxygens (including phenoxy) is 1. The summed E-state index contributed by atoms with van der Waals surface area (Å²) in [6.45, 7) is 3.17. The molecule has 1 aliphatic rings. The molecule has 1 heterocycles. The molecule has 1 atom stereocenters. The van der Waals surface area contributed by atoms with Crippen LogP contribution in [0, 0.1) is 0 Å². The third kappa shape index (κ3) is 2.75. The quantitative estimate of drug-likeness (QED) is 0.738. The number of para-hydroxylation sites is 1. The zero-order valence-electron chi connectivity index (χ0n) is 9.26. The average Bonchev–Trinajstić information content (AvgIpc) is 2.80. The van der Waals surface area contributed by atoms with E-state index in [4.69, 9.17) is 14.0 Å². The molecule has 1 N–H and O–H groups in total. The van der Waals surface area contributed by atoms with Crippen molar-refractivity contribution in [2.75, 3.05) is 19.8 Å². The number of aliphatic hydroxyl groups is 1. The van der Waals surface area contributed by atoms with E-state index in [1.807, 2.05) is 24.3 Å². The maximum absolute atomic E-state index is 9.18. The predicted molar refractivity (Wildman–Crippen MR) is 60.9 cm³/mol. The molecular weight excluding hydrogens is 207 g/mol. The first kappa shape index (κ1) is 11.5. The van der Waals surface area contributed by atoms with Crippen molar-refractivity contribution in [1.82, 2.24) is 0 Å². The van der Waals surface area contributed by atoms with Crippen molar-refractivity contribution < 1.29 is 19.2 Å². The maximum Gasteiger partial charge on any atom is 0.497 e. The molecule has 0 amide bonds. The van der Waals surface area contributed by atoms with E-state index >= 15 is 0 Å². The highest BCUT2D eigenvalue weighted by atomic mass is 16.6. The predicted octanol–water partition coefficient (Wildman–Crippen LogP) is 0.188. The van der Waals surface area contributed by atoms with Gasteiger partial charge < -0.3 is 19.2 Å². The largest absolute Gasteiger partial charge is 0.497 e. The van der Waals surface area contributed by atoms with E-state index in [-0.39, 0.29) is 13.7 Å². The average molecular weight is 222 g/mol. The fourth-order valence-electron chi connectivity index (χ4n) is 1.56. The minimum Gasteiger partial charge on any atom is -0.491 e. The summed E-state index contributed by atoms with van der Waals surface area (Å²) in [4.78, 5) is 0. The molecule has 1 unspecified atom stereocenters. The van der Waals surface area contributed by atoms with Crippen molar-refractivity contribution in [1.29, 1.82) is 0 Å². The second-order valence-electron chi connectivity index (χ2n) is 3.77. The van der Waals surface area contributed by atoms with Gasteiger partial charge in [0, 0.05) is 5.46 Å². The van der Waals surface area contributed by atoms with Crippen LogP contribution < -0.4 is 10.2 Å². The van der Waals surface area contributed by atoms with Gasteiger partial charge in [-0.1, -0.05) is 18.2 Å². The third-order valence-electron chi connectivity index (χ3n) is 2.27. The van der Waals surface area contributed by atoms with Gasteiger partial charge in [0.2, 0.25) is 0 Å². The van der Waals surface area contributed by atoms with E-state index in [1.165, 1.54) is 0 Å². The van der Waals surface area contributed by atoms with Crippen LogP contribution in [-0.4, -0.2) is 38.1 Å². The topological polar surface area (TPSA) is 47.9 Å².